The van der Waals surface area contributed by atoms with Crippen LogP contribution in [-0.4, -0.2) is 45.1 Å². The van der Waals surface area contributed by atoms with E-state index in [1.54, 1.807) is 30.4 Å². The van der Waals surface area contributed by atoms with Crippen LogP contribution >= 0.6 is 11.6 Å². The molecule has 7 nitrogen and oxygen atoms in total. The van der Waals surface area contributed by atoms with Gasteiger partial charge in [-0.25, -0.2) is 13.1 Å². The molecule has 1 amide bonds. The predicted molar refractivity (Wildman–Crippen MR) is 160 cm³/mol. The van der Waals surface area contributed by atoms with Crippen LogP contribution in [0.2, 0.25) is 5.02 Å². The van der Waals surface area contributed by atoms with Gasteiger partial charge in [0.15, 0.2) is 5.78 Å². The van der Waals surface area contributed by atoms with Crippen LogP contribution < -0.4 is 14.4 Å². The van der Waals surface area contributed by atoms with E-state index in [-0.39, 0.29) is 35.0 Å². The topological polar surface area (TPSA) is 92.8 Å². The fraction of sp³-hybridized carbons (Fsp3) is 0.438. The van der Waals surface area contributed by atoms with Gasteiger partial charge in [0.25, 0.3) is 5.91 Å². The number of benzene rings is 2. The number of halogens is 1. The molecule has 2 aromatic carbocycles. The SMILES string of the molecule is C=C1C/C=C/C(=O)[C@@H]2CC[C@H]2CN2C[C@@]3(CCCc4cc(Cl)ccc43)COc3ccc(cc32)C(=O)NS(=O)(=O)[C@@H]1C. The number of hydrogen-bond acceptors (Lipinski definition) is 6. The van der Waals surface area contributed by atoms with Crippen molar-refractivity contribution in [2.45, 2.75) is 56.1 Å². The van der Waals surface area contributed by atoms with Crippen molar-refractivity contribution in [1.82, 2.24) is 4.72 Å². The molecule has 1 N–H and O–H groups in total. The first kappa shape index (κ1) is 28.0. The number of allylic oxidation sites excluding steroid dienone is 2. The van der Waals surface area contributed by atoms with E-state index < -0.39 is 21.2 Å². The molecular weight excluding hydrogens is 560 g/mol. The van der Waals surface area contributed by atoms with Gasteiger partial charge in [-0.1, -0.05) is 35.9 Å². The van der Waals surface area contributed by atoms with Crippen LogP contribution in [0.3, 0.4) is 0 Å². The molecule has 0 radical (unpaired) electrons. The third-order valence-corrected chi connectivity index (χ3v) is 11.4. The molecule has 1 spiro atoms. The summed E-state index contributed by atoms with van der Waals surface area (Å²) in [4.78, 5) is 28.7. The molecule has 216 valence electrons. The number of carbonyl (C=O) groups excluding carboxylic acids is 2. The molecule has 2 heterocycles. The van der Waals surface area contributed by atoms with Crippen molar-refractivity contribution in [1.29, 1.82) is 0 Å². The largest absolute Gasteiger partial charge is 0.490 e. The number of fused-ring (bicyclic) bond motifs is 4. The minimum atomic E-state index is -4.03. The average molecular weight is 595 g/mol. The summed E-state index contributed by atoms with van der Waals surface area (Å²) >= 11 is 6.36. The molecule has 41 heavy (non-hydrogen) atoms. The van der Waals surface area contributed by atoms with Crippen molar-refractivity contribution in [2.24, 2.45) is 11.8 Å². The molecule has 9 heteroatoms. The van der Waals surface area contributed by atoms with Gasteiger partial charge in [-0.15, -0.1) is 0 Å². The lowest BCUT2D eigenvalue weighted by Crippen LogP contribution is -2.49. The number of nitrogens with zero attached hydrogens (tertiary/aromatic N) is 1. The smallest absolute Gasteiger partial charge is 0.264 e. The maximum absolute atomic E-state index is 13.3. The molecule has 2 bridgehead atoms. The summed E-state index contributed by atoms with van der Waals surface area (Å²) in [5.41, 5.74) is 3.56. The van der Waals surface area contributed by atoms with E-state index in [9.17, 15) is 18.0 Å². The fourth-order valence-corrected chi connectivity index (χ4v) is 8.10. The van der Waals surface area contributed by atoms with Gasteiger partial charge < -0.3 is 9.64 Å². The standard InChI is InChI=1S/C32H35ClN2O5S/c1-20-5-3-7-29(36)26-11-8-24(26)17-35-18-32(14-4-6-22-15-25(33)10-12-27(22)32)19-40-30-13-9-23(16-28(30)35)31(37)34-41(38,39)21(20)2/h3,7,9-10,12-13,15-16,21,24,26H,1,4-6,8,11,14,17-19H2,2H3,(H,34,37)/b7-3+/t21-,24+,26-,32+/m1/s1. The summed E-state index contributed by atoms with van der Waals surface area (Å²) in [5, 5.41) is -0.285. The van der Waals surface area contributed by atoms with E-state index in [1.165, 1.54) is 18.1 Å². The van der Waals surface area contributed by atoms with Crippen molar-refractivity contribution >= 4 is 39.0 Å². The predicted octanol–water partition coefficient (Wildman–Crippen LogP) is 5.37. The van der Waals surface area contributed by atoms with Gasteiger partial charge in [-0.3, -0.25) is 9.59 Å². The maximum Gasteiger partial charge on any atom is 0.264 e. The lowest BCUT2D eigenvalue weighted by atomic mass is 9.68. The quantitative estimate of drug-likeness (QED) is 0.412. The van der Waals surface area contributed by atoms with Crippen LogP contribution in [0, 0.1) is 11.8 Å². The normalized spacial score (nSPS) is 30.2. The Kier molecular flexibility index (Phi) is 7.27. The number of hydrogen-bond donors (Lipinski definition) is 1. The van der Waals surface area contributed by atoms with Crippen LogP contribution in [0.25, 0.3) is 0 Å². The Morgan fingerprint density at radius 3 is 2.76 bits per heavy atom. The summed E-state index contributed by atoms with van der Waals surface area (Å²) in [6.07, 6.45) is 8.18. The highest BCUT2D eigenvalue weighted by molar-refractivity contribution is 7.90. The second kappa shape index (κ2) is 10.6. The van der Waals surface area contributed by atoms with E-state index >= 15 is 0 Å². The van der Waals surface area contributed by atoms with E-state index in [4.69, 9.17) is 16.3 Å². The maximum atomic E-state index is 13.3. The van der Waals surface area contributed by atoms with Crippen molar-refractivity contribution in [3.8, 4) is 5.75 Å². The second-order valence-corrected chi connectivity index (χ2v) is 14.5. The Labute approximate surface area is 246 Å². The summed E-state index contributed by atoms with van der Waals surface area (Å²) < 4.78 is 34.8. The average Bonchev–Trinajstić information content (AvgIpc) is 3.06. The van der Waals surface area contributed by atoms with Crippen LogP contribution in [0.15, 0.2) is 60.7 Å². The Hall–Kier alpha value is -3.10. The summed E-state index contributed by atoms with van der Waals surface area (Å²) in [7, 11) is -4.03. The van der Waals surface area contributed by atoms with E-state index in [2.05, 4.69) is 28.3 Å². The summed E-state index contributed by atoms with van der Waals surface area (Å²) in [5.74, 6) is 0.0884. The Balaban J connectivity index is 1.43. The van der Waals surface area contributed by atoms with Crippen LogP contribution in [-0.2, 0) is 26.7 Å². The van der Waals surface area contributed by atoms with E-state index in [0.717, 1.165) is 42.8 Å². The monoisotopic (exact) mass is 594 g/mol. The minimum Gasteiger partial charge on any atom is -0.490 e. The zero-order valence-electron chi connectivity index (χ0n) is 23.2. The van der Waals surface area contributed by atoms with Crippen LogP contribution in [0.5, 0.6) is 5.75 Å². The molecule has 0 unspecified atom stereocenters. The zero-order chi connectivity index (χ0) is 28.9. The number of amides is 1. The van der Waals surface area contributed by atoms with Crippen molar-refractivity contribution in [3.63, 3.8) is 0 Å². The molecule has 4 aliphatic rings. The van der Waals surface area contributed by atoms with Gasteiger partial charge in [-0.2, -0.15) is 0 Å². The number of carbonyl (C=O) groups is 2. The first-order valence-corrected chi connectivity index (χ1v) is 16.2. The molecule has 2 aromatic rings. The molecule has 6 rings (SSSR count). The summed E-state index contributed by atoms with van der Waals surface area (Å²) in [6, 6.07) is 11.2. The number of sulfonamides is 1. The Morgan fingerprint density at radius 1 is 1.15 bits per heavy atom. The third-order valence-electron chi connectivity index (χ3n) is 9.47. The van der Waals surface area contributed by atoms with Crippen LogP contribution in [0.1, 0.15) is 60.5 Å². The van der Waals surface area contributed by atoms with E-state index in [1.807, 2.05) is 6.07 Å². The molecular formula is C32H35ClN2O5S. The van der Waals surface area contributed by atoms with Crippen LogP contribution in [0.4, 0.5) is 5.69 Å². The molecule has 1 fully saturated rings. The highest BCUT2D eigenvalue weighted by Crippen LogP contribution is 2.46. The first-order valence-electron chi connectivity index (χ1n) is 14.3. The number of ketones is 1. The van der Waals surface area contributed by atoms with Gasteiger partial charge in [0.1, 0.15) is 5.75 Å². The van der Waals surface area contributed by atoms with Gasteiger partial charge >= 0.3 is 0 Å². The van der Waals surface area contributed by atoms with Crippen molar-refractivity contribution in [2.75, 3.05) is 24.6 Å². The lowest BCUT2D eigenvalue weighted by molar-refractivity contribution is -0.122. The van der Waals surface area contributed by atoms with Crippen molar-refractivity contribution < 1.29 is 22.7 Å². The summed E-state index contributed by atoms with van der Waals surface area (Å²) in [6.45, 7) is 7.17. The minimum absolute atomic E-state index is 0.0670. The zero-order valence-corrected chi connectivity index (χ0v) is 24.8. The highest BCUT2D eigenvalue weighted by Gasteiger charge is 2.44. The number of aryl methyl sites for hydroxylation is 1. The van der Waals surface area contributed by atoms with Gasteiger partial charge in [0, 0.05) is 35.0 Å². The Bertz CT molecular complexity index is 1570. The van der Waals surface area contributed by atoms with Gasteiger partial charge in [-0.05, 0) is 98.9 Å². The van der Waals surface area contributed by atoms with Gasteiger partial charge in [0.2, 0.25) is 10.0 Å². The fourth-order valence-electron chi connectivity index (χ4n) is 6.81. The lowest BCUT2D eigenvalue weighted by Gasteiger charge is -2.44. The molecule has 4 atom stereocenters. The second-order valence-electron chi connectivity index (χ2n) is 12.0. The number of nitrogens with one attached hydrogen (secondary N) is 1. The Morgan fingerprint density at radius 2 is 1.98 bits per heavy atom. The molecule has 2 aliphatic heterocycles. The highest BCUT2D eigenvalue weighted by atomic mass is 35.5. The molecule has 1 saturated carbocycles. The molecule has 0 aromatic heterocycles. The van der Waals surface area contributed by atoms with Gasteiger partial charge in [0.05, 0.1) is 17.5 Å². The van der Waals surface area contributed by atoms with E-state index in [0.29, 0.717) is 31.0 Å². The third kappa shape index (κ3) is 5.21. The molecule has 0 saturated heterocycles. The molecule has 2 aliphatic carbocycles. The number of ether oxygens (including phenoxy) is 1. The van der Waals surface area contributed by atoms with Crippen molar-refractivity contribution in [3.05, 3.63) is 82.4 Å². The number of anilines is 1. The number of rotatable bonds is 0. The first-order chi connectivity index (χ1) is 19.6.